The Morgan fingerprint density at radius 1 is 1.03 bits per heavy atom. The summed E-state index contributed by atoms with van der Waals surface area (Å²) in [6.45, 7) is 12.6. The van der Waals surface area contributed by atoms with Crippen molar-refractivity contribution in [3.05, 3.63) is 35.9 Å². The van der Waals surface area contributed by atoms with Crippen LogP contribution in [0.25, 0.3) is 0 Å². The van der Waals surface area contributed by atoms with Gasteiger partial charge in [0.05, 0.1) is 12.6 Å². The first-order valence-electron chi connectivity index (χ1n) is 11.0. The van der Waals surface area contributed by atoms with Crippen molar-refractivity contribution in [3.63, 3.8) is 0 Å². The van der Waals surface area contributed by atoms with Gasteiger partial charge in [0, 0.05) is 45.8 Å². The molecular formula is C23H36N4O2. The number of carbonyl (C=O) groups excluding carboxylic acids is 2. The molecule has 0 unspecified atom stereocenters. The van der Waals surface area contributed by atoms with E-state index in [0.717, 1.165) is 44.8 Å². The number of hydrogen-bond donors (Lipinski definition) is 1. The van der Waals surface area contributed by atoms with Crippen LogP contribution in [0, 0.1) is 11.8 Å². The number of likely N-dealkylation sites (tertiary alicyclic amines) is 1. The van der Waals surface area contributed by atoms with Crippen LogP contribution >= 0.6 is 0 Å². The monoisotopic (exact) mass is 400 g/mol. The van der Waals surface area contributed by atoms with Crippen molar-refractivity contribution in [1.29, 1.82) is 0 Å². The van der Waals surface area contributed by atoms with E-state index in [2.05, 4.69) is 33.9 Å². The van der Waals surface area contributed by atoms with Gasteiger partial charge in [-0.3, -0.25) is 19.4 Å². The molecule has 0 radical (unpaired) electrons. The molecule has 6 nitrogen and oxygen atoms in total. The van der Waals surface area contributed by atoms with Gasteiger partial charge in [0.2, 0.25) is 11.8 Å². The molecule has 1 aromatic carbocycles. The van der Waals surface area contributed by atoms with E-state index in [4.69, 9.17) is 0 Å². The summed E-state index contributed by atoms with van der Waals surface area (Å²) in [5.74, 6) is 1.49. The molecule has 29 heavy (non-hydrogen) atoms. The van der Waals surface area contributed by atoms with Gasteiger partial charge in [-0.1, -0.05) is 44.2 Å². The third kappa shape index (κ3) is 6.28. The number of carbonyl (C=O) groups is 2. The highest BCUT2D eigenvalue weighted by Crippen LogP contribution is 2.22. The van der Waals surface area contributed by atoms with Crippen LogP contribution in [-0.2, 0) is 16.1 Å². The SMILES string of the molecule is C[C@@H]1C[C@H](C)CN(C(=O)[C@@H](C)N2CCN(CC(=O)NCc3ccccc3)CC2)C1. The van der Waals surface area contributed by atoms with Crippen LogP contribution < -0.4 is 5.32 Å². The molecule has 2 saturated heterocycles. The Morgan fingerprint density at radius 2 is 1.66 bits per heavy atom. The molecule has 0 aliphatic carbocycles. The second-order valence-corrected chi connectivity index (χ2v) is 8.94. The molecule has 0 bridgehead atoms. The average Bonchev–Trinajstić information content (AvgIpc) is 2.72. The molecule has 2 aliphatic rings. The highest BCUT2D eigenvalue weighted by Gasteiger charge is 2.32. The van der Waals surface area contributed by atoms with Crippen LogP contribution in [0.15, 0.2) is 30.3 Å². The summed E-state index contributed by atoms with van der Waals surface area (Å²) < 4.78 is 0. The smallest absolute Gasteiger partial charge is 0.239 e. The third-order valence-corrected chi connectivity index (χ3v) is 6.19. The molecule has 0 spiro atoms. The normalized spacial score (nSPS) is 24.9. The molecule has 0 saturated carbocycles. The summed E-state index contributed by atoms with van der Waals surface area (Å²) in [5, 5.41) is 2.99. The summed E-state index contributed by atoms with van der Waals surface area (Å²) in [4.78, 5) is 31.7. The fourth-order valence-corrected chi connectivity index (χ4v) is 4.63. The minimum absolute atomic E-state index is 0.0581. The highest BCUT2D eigenvalue weighted by atomic mass is 16.2. The fourth-order valence-electron chi connectivity index (χ4n) is 4.63. The van der Waals surface area contributed by atoms with Crippen LogP contribution in [0.2, 0.25) is 0 Å². The van der Waals surface area contributed by atoms with Crippen LogP contribution in [0.1, 0.15) is 32.8 Å². The maximum Gasteiger partial charge on any atom is 0.239 e. The quantitative estimate of drug-likeness (QED) is 0.791. The second kappa shape index (κ2) is 10.2. The van der Waals surface area contributed by atoms with Gasteiger partial charge in [-0.2, -0.15) is 0 Å². The number of hydrogen-bond acceptors (Lipinski definition) is 4. The third-order valence-electron chi connectivity index (χ3n) is 6.19. The summed E-state index contributed by atoms with van der Waals surface area (Å²) in [6, 6.07) is 9.88. The zero-order valence-corrected chi connectivity index (χ0v) is 18.1. The Morgan fingerprint density at radius 3 is 2.28 bits per heavy atom. The number of piperidine rings is 1. The topological polar surface area (TPSA) is 55.9 Å². The van der Waals surface area contributed by atoms with Gasteiger partial charge < -0.3 is 10.2 Å². The summed E-state index contributed by atoms with van der Waals surface area (Å²) in [5.41, 5.74) is 1.11. The van der Waals surface area contributed by atoms with E-state index in [1.54, 1.807) is 0 Å². The molecule has 6 heteroatoms. The van der Waals surface area contributed by atoms with E-state index in [1.807, 2.05) is 37.3 Å². The fraction of sp³-hybridized carbons (Fsp3) is 0.652. The zero-order valence-electron chi connectivity index (χ0n) is 18.1. The van der Waals surface area contributed by atoms with Crippen molar-refractivity contribution in [1.82, 2.24) is 20.0 Å². The van der Waals surface area contributed by atoms with Crippen LogP contribution in [0.3, 0.4) is 0 Å². The Kier molecular flexibility index (Phi) is 7.67. The lowest BCUT2D eigenvalue weighted by Gasteiger charge is -2.41. The van der Waals surface area contributed by atoms with Crippen molar-refractivity contribution >= 4 is 11.8 Å². The van der Waals surface area contributed by atoms with E-state index in [-0.39, 0.29) is 17.9 Å². The molecule has 1 aromatic rings. The maximum absolute atomic E-state index is 13.0. The lowest BCUT2D eigenvalue weighted by Crippen LogP contribution is -2.57. The average molecular weight is 401 g/mol. The van der Waals surface area contributed by atoms with Crippen molar-refractivity contribution in [2.75, 3.05) is 45.8 Å². The van der Waals surface area contributed by atoms with Crippen molar-refractivity contribution in [2.45, 2.75) is 39.8 Å². The Hall–Kier alpha value is -1.92. The summed E-state index contributed by atoms with van der Waals surface area (Å²) in [7, 11) is 0. The molecule has 0 aromatic heterocycles. The minimum Gasteiger partial charge on any atom is -0.351 e. The predicted octanol–water partition coefficient (Wildman–Crippen LogP) is 1.81. The van der Waals surface area contributed by atoms with Gasteiger partial charge in [0.15, 0.2) is 0 Å². The van der Waals surface area contributed by atoms with E-state index >= 15 is 0 Å². The van der Waals surface area contributed by atoms with E-state index in [1.165, 1.54) is 6.42 Å². The first-order chi connectivity index (χ1) is 13.9. The predicted molar refractivity (Wildman–Crippen MR) is 115 cm³/mol. The molecule has 2 amide bonds. The number of piperazine rings is 1. The van der Waals surface area contributed by atoms with Gasteiger partial charge in [-0.05, 0) is 30.7 Å². The second-order valence-electron chi connectivity index (χ2n) is 8.94. The molecule has 3 rings (SSSR count). The Balaban J connectivity index is 1.40. The number of benzene rings is 1. The van der Waals surface area contributed by atoms with Crippen molar-refractivity contribution < 1.29 is 9.59 Å². The van der Waals surface area contributed by atoms with Crippen molar-refractivity contribution in [2.24, 2.45) is 11.8 Å². The summed E-state index contributed by atoms with van der Waals surface area (Å²) >= 11 is 0. The molecule has 2 aliphatic heterocycles. The van der Waals surface area contributed by atoms with Crippen LogP contribution in [-0.4, -0.2) is 78.4 Å². The van der Waals surface area contributed by atoms with Crippen LogP contribution in [0.5, 0.6) is 0 Å². The molecule has 2 heterocycles. The Bertz CT molecular complexity index is 663. The lowest BCUT2D eigenvalue weighted by atomic mass is 9.91. The van der Waals surface area contributed by atoms with Crippen LogP contribution in [0.4, 0.5) is 0 Å². The highest BCUT2D eigenvalue weighted by molar-refractivity contribution is 5.81. The largest absolute Gasteiger partial charge is 0.351 e. The number of amides is 2. The van der Waals surface area contributed by atoms with Gasteiger partial charge >= 0.3 is 0 Å². The molecule has 160 valence electrons. The van der Waals surface area contributed by atoms with E-state index in [9.17, 15) is 9.59 Å². The molecule has 1 N–H and O–H groups in total. The van der Waals surface area contributed by atoms with E-state index < -0.39 is 0 Å². The van der Waals surface area contributed by atoms with Gasteiger partial charge in [-0.15, -0.1) is 0 Å². The standard InChI is InChI=1S/C23H36N4O2/c1-18-13-19(2)16-27(15-18)23(29)20(3)26-11-9-25(10-12-26)17-22(28)24-14-21-7-5-4-6-8-21/h4-8,18-20H,9-17H2,1-3H3,(H,24,28)/t18-,19+,20-/m1/s1. The Labute approximate surface area is 175 Å². The van der Waals surface area contributed by atoms with Gasteiger partial charge in [-0.25, -0.2) is 0 Å². The van der Waals surface area contributed by atoms with E-state index in [0.29, 0.717) is 24.9 Å². The van der Waals surface area contributed by atoms with Crippen molar-refractivity contribution in [3.8, 4) is 0 Å². The molecular weight excluding hydrogens is 364 g/mol. The number of rotatable bonds is 6. The zero-order chi connectivity index (χ0) is 20.8. The number of nitrogens with one attached hydrogen (secondary N) is 1. The number of nitrogens with zero attached hydrogens (tertiary/aromatic N) is 3. The lowest BCUT2D eigenvalue weighted by molar-refractivity contribution is -0.140. The first kappa shape index (κ1) is 21.8. The first-order valence-corrected chi connectivity index (χ1v) is 11.0. The maximum atomic E-state index is 13.0. The molecule has 2 fully saturated rings. The van der Waals surface area contributed by atoms with Gasteiger partial charge in [0.1, 0.15) is 0 Å². The van der Waals surface area contributed by atoms with Gasteiger partial charge in [0.25, 0.3) is 0 Å². The summed E-state index contributed by atoms with van der Waals surface area (Å²) in [6.07, 6.45) is 1.21. The minimum atomic E-state index is -0.0819. The molecule has 3 atom stereocenters.